The largest absolute Gasteiger partial charge is 0.385 e. The van der Waals surface area contributed by atoms with Crippen molar-refractivity contribution in [2.75, 3.05) is 37.0 Å². The summed E-state index contributed by atoms with van der Waals surface area (Å²) in [5, 5.41) is 11.2. The minimum absolute atomic E-state index is 0.556. The zero-order chi connectivity index (χ0) is 15.6. The maximum absolute atomic E-state index is 5.02. The molecular formula is C16H23N5O. The van der Waals surface area contributed by atoms with Crippen molar-refractivity contribution in [2.45, 2.75) is 19.9 Å². The molecule has 1 aromatic heterocycles. The van der Waals surface area contributed by atoms with Crippen molar-refractivity contribution in [3.05, 3.63) is 42.1 Å². The fourth-order valence-corrected chi connectivity index (χ4v) is 2.10. The van der Waals surface area contributed by atoms with Gasteiger partial charge in [0, 0.05) is 33.4 Å². The number of ether oxygens (including phenoxy) is 1. The van der Waals surface area contributed by atoms with Crippen LogP contribution in [0.1, 0.15) is 18.9 Å². The lowest BCUT2D eigenvalue weighted by Gasteiger charge is -2.21. The number of hydrogen-bond acceptors (Lipinski definition) is 6. The van der Waals surface area contributed by atoms with Crippen LogP contribution in [0.3, 0.4) is 0 Å². The third-order valence-corrected chi connectivity index (χ3v) is 3.28. The minimum atomic E-state index is 0.556. The van der Waals surface area contributed by atoms with Gasteiger partial charge in [0.2, 0.25) is 5.95 Å². The first-order valence-electron chi connectivity index (χ1n) is 7.55. The van der Waals surface area contributed by atoms with E-state index in [1.807, 2.05) is 18.2 Å². The fraction of sp³-hybridized carbons (Fsp3) is 0.438. The molecule has 0 spiro atoms. The number of hydrogen-bond donors (Lipinski definition) is 1. The van der Waals surface area contributed by atoms with E-state index in [4.69, 9.17) is 4.74 Å². The van der Waals surface area contributed by atoms with Crippen LogP contribution < -0.4 is 10.2 Å². The molecule has 1 aromatic carbocycles. The number of nitrogens with zero attached hydrogens (tertiary/aromatic N) is 4. The van der Waals surface area contributed by atoms with Crippen LogP contribution in [0.15, 0.2) is 36.5 Å². The maximum Gasteiger partial charge on any atom is 0.244 e. The average Bonchev–Trinajstić information content (AvgIpc) is 2.58. The summed E-state index contributed by atoms with van der Waals surface area (Å²) in [4.78, 5) is 6.71. The number of methoxy groups -OCH3 is 1. The number of aromatic nitrogens is 3. The lowest BCUT2D eigenvalue weighted by atomic mass is 10.2. The normalized spacial score (nSPS) is 10.5. The zero-order valence-electron chi connectivity index (χ0n) is 13.2. The van der Waals surface area contributed by atoms with Crippen LogP contribution in [-0.4, -0.2) is 42.0 Å². The van der Waals surface area contributed by atoms with E-state index in [-0.39, 0.29) is 0 Å². The molecule has 0 aliphatic carbocycles. The Morgan fingerprint density at radius 3 is 2.77 bits per heavy atom. The van der Waals surface area contributed by atoms with Gasteiger partial charge in [0.1, 0.15) is 0 Å². The predicted molar refractivity (Wildman–Crippen MR) is 88.0 cm³/mol. The number of anilines is 2. The Labute approximate surface area is 131 Å². The van der Waals surface area contributed by atoms with Crippen molar-refractivity contribution >= 4 is 11.8 Å². The van der Waals surface area contributed by atoms with Crippen molar-refractivity contribution in [3.8, 4) is 0 Å². The van der Waals surface area contributed by atoms with Crippen molar-refractivity contribution in [1.82, 2.24) is 15.2 Å². The van der Waals surface area contributed by atoms with Gasteiger partial charge < -0.3 is 15.0 Å². The lowest BCUT2D eigenvalue weighted by Crippen LogP contribution is -2.24. The van der Waals surface area contributed by atoms with Crippen LogP contribution in [0.5, 0.6) is 0 Å². The summed E-state index contributed by atoms with van der Waals surface area (Å²) in [5.74, 6) is 1.38. The van der Waals surface area contributed by atoms with E-state index >= 15 is 0 Å². The molecule has 0 aliphatic rings. The average molecular weight is 301 g/mol. The second-order valence-electron chi connectivity index (χ2n) is 4.91. The quantitative estimate of drug-likeness (QED) is 0.717. The Hall–Kier alpha value is -2.21. The minimum Gasteiger partial charge on any atom is -0.385 e. The Morgan fingerprint density at radius 1 is 1.23 bits per heavy atom. The highest BCUT2D eigenvalue weighted by Gasteiger charge is 2.09. The van der Waals surface area contributed by atoms with Crippen molar-refractivity contribution in [2.24, 2.45) is 0 Å². The second-order valence-corrected chi connectivity index (χ2v) is 4.91. The standard InChI is InChI=1S/C16H23N5O/c1-3-21(13-14-8-5-4-6-9-14)15-12-18-20-16(19-15)17-10-7-11-22-2/h4-6,8-9,12H,3,7,10-11,13H2,1-2H3,(H,17,19,20). The van der Waals surface area contributed by atoms with E-state index in [0.717, 1.165) is 38.5 Å². The monoisotopic (exact) mass is 301 g/mol. The highest BCUT2D eigenvalue weighted by atomic mass is 16.5. The second kappa shape index (κ2) is 8.94. The van der Waals surface area contributed by atoms with E-state index in [0.29, 0.717) is 5.95 Å². The van der Waals surface area contributed by atoms with Gasteiger partial charge in [-0.2, -0.15) is 10.1 Å². The van der Waals surface area contributed by atoms with Crippen LogP contribution in [0.4, 0.5) is 11.8 Å². The van der Waals surface area contributed by atoms with Gasteiger partial charge >= 0.3 is 0 Å². The van der Waals surface area contributed by atoms with Crippen LogP contribution in [0.2, 0.25) is 0 Å². The molecule has 0 bridgehead atoms. The third-order valence-electron chi connectivity index (χ3n) is 3.28. The molecule has 0 saturated heterocycles. The van der Waals surface area contributed by atoms with Crippen LogP contribution >= 0.6 is 0 Å². The van der Waals surface area contributed by atoms with Gasteiger partial charge in [0.15, 0.2) is 5.82 Å². The predicted octanol–water partition coefficient (Wildman–Crippen LogP) is 2.35. The lowest BCUT2D eigenvalue weighted by molar-refractivity contribution is 0.197. The summed E-state index contributed by atoms with van der Waals surface area (Å²) in [5.41, 5.74) is 1.25. The molecule has 0 radical (unpaired) electrons. The van der Waals surface area contributed by atoms with E-state index in [1.165, 1.54) is 5.56 Å². The van der Waals surface area contributed by atoms with Gasteiger partial charge in [-0.25, -0.2) is 0 Å². The fourth-order valence-electron chi connectivity index (χ4n) is 2.10. The molecule has 2 rings (SSSR count). The Morgan fingerprint density at radius 2 is 2.05 bits per heavy atom. The Bertz CT molecular complexity index is 549. The summed E-state index contributed by atoms with van der Waals surface area (Å²) in [7, 11) is 1.70. The highest BCUT2D eigenvalue weighted by Crippen LogP contribution is 2.14. The highest BCUT2D eigenvalue weighted by molar-refractivity contribution is 5.41. The summed E-state index contributed by atoms with van der Waals surface area (Å²) in [6.45, 7) is 5.26. The number of rotatable bonds is 9. The topological polar surface area (TPSA) is 63.2 Å². The molecule has 0 amide bonds. The maximum atomic E-state index is 5.02. The van der Waals surface area contributed by atoms with Gasteiger partial charge in [0.05, 0.1) is 6.20 Å². The summed E-state index contributed by atoms with van der Waals surface area (Å²) in [6, 6.07) is 10.3. The summed E-state index contributed by atoms with van der Waals surface area (Å²) >= 11 is 0. The third kappa shape index (κ3) is 4.96. The molecule has 0 atom stereocenters. The molecule has 0 aliphatic heterocycles. The van der Waals surface area contributed by atoms with Gasteiger partial charge in [-0.15, -0.1) is 5.10 Å². The van der Waals surface area contributed by atoms with Crippen molar-refractivity contribution in [3.63, 3.8) is 0 Å². The van der Waals surface area contributed by atoms with Crippen LogP contribution in [-0.2, 0) is 11.3 Å². The Balaban J connectivity index is 1.99. The molecular weight excluding hydrogens is 278 g/mol. The van der Waals surface area contributed by atoms with Crippen molar-refractivity contribution in [1.29, 1.82) is 0 Å². The van der Waals surface area contributed by atoms with E-state index in [1.54, 1.807) is 13.3 Å². The number of nitrogens with one attached hydrogen (secondary N) is 1. The first-order chi connectivity index (χ1) is 10.8. The molecule has 118 valence electrons. The van der Waals surface area contributed by atoms with Crippen molar-refractivity contribution < 1.29 is 4.74 Å². The summed E-state index contributed by atoms with van der Waals surface area (Å²) < 4.78 is 5.02. The molecule has 2 aromatic rings. The first-order valence-corrected chi connectivity index (χ1v) is 7.55. The SMILES string of the molecule is CCN(Cc1ccccc1)c1cnnc(NCCCOC)n1. The van der Waals surface area contributed by atoms with Gasteiger partial charge in [-0.05, 0) is 18.9 Å². The number of benzene rings is 1. The van der Waals surface area contributed by atoms with Gasteiger partial charge in [0.25, 0.3) is 0 Å². The molecule has 6 nitrogen and oxygen atoms in total. The first kappa shape index (κ1) is 16.2. The smallest absolute Gasteiger partial charge is 0.244 e. The molecule has 22 heavy (non-hydrogen) atoms. The Kier molecular flexibility index (Phi) is 6.57. The van der Waals surface area contributed by atoms with E-state index in [9.17, 15) is 0 Å². The van der Waals surface area contributed by atoms with Gasteiger partial charge in [-0.1, -0.05) is 30.3 Å². The molecule has 0 unspecified atom stereocenters. The zero-order valence-corrected chi connectivity index (χ0v) is 13.2. The van der Waals surface area contributed by atoms with Crippen LogP contribution in [0, 0.1) is 0 Å². The van der Waals surface area contributed by atoms with Crippen LogP contribution in [0.25, 0.3) is 0 Å². The summed E-state index contributed by atoms with van der Waals surface area (Å²) in [6.07, 6.45) is 2.61. The van der Waals surface area contributed by atoms with E-state index < -0.39 is 0 Å². The van der Waals surface area contributed by atoms with Gasteiger partial charge in [-0.3, -0.25) is 0 Å². The molecule has 6 heteroatoms. The molecule has 0 saturated carbocycles. The van der Waals surface area contributed by atoms with E-state index in [2.05, 4.69) is 44.5 Å². The molecule has 1 heterocycles. The molecule has 1 N–H and O–H groups in total. The molecule has 0 fully saturated rings.